The highest BCUT2D eigenvalue weighted by molar-refractivity contribution is 5.80. The summed E-state index contributed by atoms with van der Waals surface area (Å²) < 4.78 is 14.5. The van der Waals surface area contributed by atoms with E-state index in [0.29, 0.717) is 22.9 Å². The van der Waals surface area contributed by atoms with Crippen molar-refractivity contribution in [2.75, 3.05) is 7.11 Å². The Kier molecular flexibility index (Phi) is 3.98. The molecular formula is C16H14N8O2. The van der Waals surface area contributed by atoms with Crippen molar-refractivity contribution in [3.8, 4) is 17.2 Å². The summed E-state index contributed by atoms with van der Waals surface area (Å²) in [4.78, 5) is 0. The van der Waals surface area contributed by atoms with E-state index in [4.69, 9.17) is 9.47 Å². The number of nitrogens with zero attached hydrogens (tertiary/aromatic N) is 8. The third kappa shape index (κ3) is 3.07. The van der Waals surface area contributed by atoms with Gasteiger partial charge < -0.3 is 9.47 Å². The Morgan fingerprint density at radius 1 is 1.00 bits per heavy atom. The standard InChI is InChI=1S/C16H14N8O2/c1-11-5-15(16-21-19-10-24(16)22-11)26-13-4-3-12(6-14(13)25-2)7-20-23-8-17-18-9-23/h3-10H,1-2H3/b20-7+. The first kappa shape index (κ1) is 15.7. The fraction of sp³-hybridized carbons (Fsp3) is 0.125. The molecule has 26 heavy (non-hydrogen) atoms. The number of hydrogen-bond acceptors (Lipinski definition) is 8. The summed E-state index contributed by atoms with van der Waals surface area (Å²) in [5.41, 5.74) is 2.14. The molecule has 130 valence electrons. The van der Waals surface area contributed by atoms with Crippen LogP contribution in [0.1, 0.15) is 11.3 Å². The largest absolute Gasteiger partial charge is 0.493 e. The average Bonchev–Trinajstić information content (AvgIpc) is 3.32. The van der Waals surface area contributed by atoms with E-state index < -0.39 is 0 Å². The summed E-state index contributed by atoms with van der Waals surface area (Å²) in [6.07, 6.45) is 6.20. The van der Waals surface area contributed by atoms with Crippen LogP contribution < -0.4 is 9.47 Å². The molecule has 1 aromatic carbocycles. The summed E-state index contributed by atoms with van der Waals surface area (Å²) in [6.45, 7) is 1.87. The molecule has 0 aliphatic heterocycles. The Hall–Kier alpha value is -3.82. The quantitative estimate of drug-likeness (QED) is 0.505. The summed E-state index contributed by atoms with van der Waals surface area (Å²) >= 11 is 0. The molecule has 4 rings (SSSR count). The summed E-state index contributed by atoms with van der Waals surface area (Å²) in [5.74, 6) is 1.65. The number of ether oxygens (including phenoxy) is 2. The van der Waals surface area contributed by atoms with Gasteiger partial charge >= 0.3 is 0 Å². The summed E-state index contributed by atoms with van der Waals surface area (Å²) in [5, 5.41) is 23.8. The van der Waals surface area contributed by atoms with Gasteiger partial charge in [-0.1, -0.05) is 0 Å². The van der Waals surface area contributed by atoms with Crippen LogP contribution in [0.25, 0.3) is 5.65 Å². The van der Waals surface area contributed by atoms with Crippen LogP contribution in [0, 0.1) is 6.92 Å². The second-order valence-electron chi connectivity index (χ2n) is 5.35. The molecule has 0 radical (unpaired) electrons. The molecule has 0 bridgehead atoms. The monoisotopic (exact) mass is 350 g/mol. The van der Waals surface area contributed by atoms with Gasteiger partial charge in [0.2, 0.25) is 5.65 Å². The maximum Gasteiger partial charge on any atom is 0.220 e. The molecular weight excluding hydrogens is 336 g/mol. The predicted molar refractivity (Wildman–Crippen MR) is 91.6 cm³/mol. The van der Waals surface area contributed by atoms with E-state index in [9.17, 15) is 0 Å². The maximum atomic E-state index is 6.00. The third-order valence-electron chi connectivity index (χ3n) is 3.51. The SMILES string of the molecule is COc1cc(/C=N/n2cnnc2)ccc1Oc1cc(C)nn2cnnc12. The minimum atomic E-state index is 0.524. The van der Waals surface area contributed by atoms with Crippen molar-refractivity contribution in [1.82, 2.24) is 34.7 Å². The molecule has 0 atom stereocenters. The van der Waals surface area contributed by atoms with E-state index in [0.717, 1.165) is 11.3 Å². The lowest BCUT2D eigenvalue weighted by atomic mass is 10.2. The first-order valence-corrected chi connectivity index (χ1v) is 7.65. The van der Waals surface area contributed by atoms with Crippen LogP contribution in [-0.2, 0) is 0 Å². The fourth-order valence-electron chi connectivity index (χ4n) is 2.35. The minimum absolute atomic E-state index is 0.524. The van der Waals surface area contributed by atoms with Crippen molar-refractivity contribution in [3.05, 3.63) is 54.5 Å². The fourth-order valence-corrected chi connectivity index (χ4v) is 2.35. The summed E-state index contributed by atoms with van der Waals surface area (Å²) in [6, 6.07) is 7.28. The van der Waals surface area contributed by atoms with Crippen molar-refractivity contribution < 1.29 is 9.47 Å². The van der Waals surface area contributed by atoms with Gasteiger partial charge in [0.15, 0.2) is 17.2 Å². The van der Waals surface area contributed by atoms with Crippen LogP contribution >= 0.6 is 0 Å². The first-order valence-electron chi connectivity index (χ1n) is 7.65. The van der Waals surface area contributed by atoms with Crippen molar-refractivity contribution in [1.29, 1.82) is 0 Å². The van der Waals surface area contributed by atoms with Gasteiger partial charge in [-0.2, -0.15) is 14.7 Å². The molecule has 10 nitrogen and oxygen atoms in total. The van der Waals surface area contributed by atoms with Crippen molar-refractivity contribution in [3.63, 3.8) is 0 Å². The maximum absolute atomic E-state index is 6.00. The second-order valence-corrected chi connectivity index (χ2v) is 5.35. The van der Waals surface area contributed by atoms with E-state index in [2.05, 4.69) is 30.6 Å². The highest BCUT2D eigenvalue weighted by atomic mass is 16.5. The van der Waals surface area contributed by atoms with Crippen molar-refractivity contribution >= 4 is 11.9 Å². The molecule has 0 N–H and O–H groups in total. The van der Waals surface area contributed by atoms with Crippen LogP contribution in [0.4, 0.5) is 0 Å². The van der Waals surface area contributed by atoms with Gasteiger partial charge in [0.1, 0.15) is 19.0 Å². The molecule has 0 spiro atoms. The van der Waals surface area contributed by atoms with Gasteiger partial charge in [0, 0.05) is 6.07 Å². The molecule has 4 aromatic rings. The lowest BCUT2D eigenvalue weighted by molar-refractivity contribution is 0.379. The number of benzene rings is 1. The first-order chi connectivity index (χ1) is 12.7. The molecule has 0 aliphatic rings. The molecule has 3 aromatic heterocycles. The van der Waals surface area contributed by atoms with Crippen LogP contribution in [0.15, 0.2) is 48.3 Å². The number of aromatic nitrogens is 7. The lowest BCUT2D eigenvalue weighted by Crippen LogP contribution is -1.98. The van der Waals surface area contributed by atoms with E-state index in [1.165, 1.54) is 23.7 Å². The van der Waals surface area contributed by atoms with Crippen LogP contribution in [-0.4, -0.2) is 48.0 Å². The zero-order valence-corrected chi connectivity index (χ0v) is 14.0. The molecule has 0 unspecified atom stereocenters. The zero-order valence-electron chi connectivity index (χ0n) is 14.0. The third-order valence-corrected chi connectivity index (χ3v) is 3.51. The van der Waals surface area contributed by atoms with Crippen LogP contribution in [0.2, 0.25) is 0 Å². The molecule has 0 saturated carbocycles. The summed E-state index contributed by atoms with van der Waals surface area (Å²) in [7, 11) is 1.58. The van der Waals surface area contributed by atoms with Crippen molar-refractivity contribution in [2.45, 2.75) is 6.92 Å². The topological polar surface area (TPSA) is 105 Å². The van der Waals surface area contributed by atoms with Crippen LogP contribution in [0.3, 0.4) is 0 Å². The zero-order chi connectivity index (χ0) is 17.9. The Balaban J connectivity index is 1.65. The molecule has 0 saturated heterocycles. The highest BCUT2D eigenvalue weighted by Crippen LogP contribution is 2.33. The molecule has 10 heteroatoms. The van der Waals surface area contributed by atoms with Gasteiger partial charge in [-0.25, -0.2) is 4.68 Å². The Morgan fingerprint density at radius 2 is 1.85 bits per heavy atom. The van der Waals surface area contributed by atoms with Gasteiger partial charge in [0.25, 0.3) is 0 Å². The normalized spacial score (nSPS) is 11.3. The van der Waals surface area contributed by atoms with E-state index in [-0.39, 0.29) is 0 Å². The minimum Gasteiger partial charge on any atom is -0.493 e. The molecule has 0 aliphatic carbocycles. The number of rotatable bonds is 5. The second kappa shape index (κ2) is 6.59. The Bertz CT molecular complexity index is 1070. The number of fused-ring (bicyclic) bond motifs is 1. The van der Waals surface area contributed by atoms with E-state index in [1.54, 1.807) is 30.0 Å². The number of aryl methyl sites for hydroxylation is 1. The number of methoxy groups -OCH3 is 1. The Labute approximate surface area is 147 Å². The Morgan fingerprint density at radius 3 is 2.65 bits per heavy atom. The van der Waals surface area contributed by atoms with Crippen molar-refractivity contribution in [2.24, 2.45) is 5.10 Å². The average molecular weight is 350 g/mol. The molecule has 3 heterocycles. The molecule has 0 amide bonds. The van der Waals surface area contributed by atoms with Gasteiger partial charge in [-0.15, -0.1) is 20.4 Å². The van der Waals surface area contributed by atoms with Gasteiger partial charge in [0.05, 0.1) is 19.0 Å². The number of hydrogen-bond donors (Lipinski definition) is 0. The predicted octanol–water partition coefficient (Wildman–Crippen LogP) is 1.71. The highest BCUT2D eigenvalue weighted by Gasteiger charge is 2.12. The van der Waals surface area contributed by atoms with Crippen LogP contribution in [0.5, 0.6) is 17.2 Å². The molecule has 0 fully saturated rings. The van der Waals surface area contributed by atoms with Gasteiger partial charge in [-0.05, 0) is 30.7 Å². The lowest BCUT2D eigenvalue weighted by Gasteiger charge is -2.11. The smallest absolute Gasteiger partial charge is 0.220 e. The van der Waals surface area contributed by atoms with E-state index in [1.807, 2.05) is 19.1 Å². The van der Waals surface area contributed by atoms with Gasteiger partial charge in [-0.3, -0.25) is 0 Å². The van der Waals surface area contributed by atoms with E-state index >= 15 is 0 Å².